The number of methoxy groups -OCH3 is 1. The molecule has 0 unspecified atom stereocenters. The van der Waals surface area contributed by atoms with Crippen LogP contribution in [0.4, 0.5) is 5.69 Å². The van der Waals surface area contributed by atoms with Gasteiger partial charge in [-0.25, -0.2) is 0 Å². The van der Waals surface area contributed by atoms with Crippen LogP contribution in [-0.4, -0.2) is 24.4 Å². The first-order chi connectivity index (χ1) is 13.6. The van der Waals surface area contributed by atoms with Gasteiger partial charge in [-0.15, -0.1) is 0 Å². The number of ether oxygens (including phenoxy) is 2. The summed E-state index contributed by atoms with van der Waals surface area (Å²) in [5, 5.41) is 11.5. The van der Waals surface area contributed by atoms with E-state index in [2.05, 4.69) is 0 Å². The lowest BCUT2D eigenvalue weighted by molar-refractivity contribution is -0.385. The normalized spacial score (nSPS) is 10.5. The first-order valence-electron chi connectivity index (χ1n) is 8.72. The van der Waals surface area contributed by atoms with Crippen LogP contribution in [0.3, 0.4) is 0 Å². The van der Waals surface area contributed by atoms with Crippen molar-refractivity contribution in [2.75, 3.05) is 13.7 Å². The van der Waals surface area contributed by atoms with Crippen LogP contribution in [0.5, 0.6) is 11.5 Å². The standard InChI is InChI=1S/C22H19NO5/c1-27-14-13-16-7-10-19(11-8-16)28-21-12-9-18(15-20(21)23(25)26)22(24)17-5-3-2-4-6-17/h2-12,15H,13-14H2,1H3. The molecule has 0 heterocycles. The summed E-state index contributed by atoms with van der Waals surface area (Å²) in [6.45, 7) is 0.614. The first-order valence-corrected chi connectivity index (χ1v) is 8.72. The zero-order valence-electron chi connectivity index (χ0n) is 15.3. The predicted molar refractivity (Wildman–Crippen MR) is 105 cm³/mol. The minimum atomic E-state index is -0.552. The Morgan fingerprint density at radius 2 is 1.68 bits per heavy atom. The van der Waals surface area contributed by atoms with Crippen molar-refractivity contribution in [1.82, 2.24) is 0 Å². The van der Waals surface area contributed by atoms with E-state index in [1.807, 2.05) is 12.1 Å². The minimum Gasteiger partial charge on any atom is -0.450 e. The number of hydrogen-bond acceptors (Lipinski definition) is 5. The monoisotopic (exact) mass is 377 g/mol. The summed E-state index contributed by atoms with van der Waals surface area (Å²) in [6, 6.07) is 20.1. The van der Waals surface area contributed by atoms with Crippen LogP contribution >= 0.6 is 0 Å². The zero-order valence-corrected chi connectivity index (χ0v) is 15.3. The van der Waals surface area contributed by atoms with Crippen molar-refractivity contribution < 1.29 is 19.2 Å². The highest BCUT2D eigenvalue weighted by Crippen LogP contribution is 2.33. The van der Waals surface area contributed by atoms with Gasteiger partial charge in [0.05, 0.1) is 11.5 Å². The summed E-state index contributed by atoms with van der Waals surface area (Å²) in [5.41, 5.74) is 1.52. The van der Waals surface area contributed by atoms with Gasteiger partial charge in [0.1, 0.15) is 5.75 Å². The number of benzene rings is 3. The minimum absolute atomic E-state index is 0.0826. The Bertz CT molecular complexity index is 968. The van der Waals surface area contributed by atoms with Crippen LogP contribution in [0.2, 0.25) is 0 Å². The molecular formula is C22H19NO5. The van der Waals surface area contributed by atoms with E-state index >= 15 is 0 Å². The fraction of sp³-hybridized carbons (Fsp3) is 0.136. The maximum absolute atomic E-state index is 12.5. The molecule has 0 aliphatic heterocycles. The third-order valence-corrected chi connectivity index (χ3v) is 4.20. The van der Waals surface area contributed by atoms with Crippen molar-refractivity contribution >= 4 is 11.5 Å². The average molecular weight is 377 g/mol. The average Bonchev–Trinajstić information content (AvgIpc) is 2.73. The molecule has 0 saturated heterocycles. The molecule has 6 nitrogen and oxygen atoms in total. The van der Waals surface area contributed by atoms with Crippen LogP contribution in [0.1, 0.15) is 21.5 Å². The number of nitro groups is 1. The van der Waals surface area contributed by atoms with Crippen LogP contribution in [0, 0.1) is 10.1 Å². The van der Waals surface area contributed by atoms with E-state index in [4.69, 9.17) is 9.47 Å². The molecule has 0 amide bonds. The van der Waals surface area contributed by atoms with Crippen LogP contribution in [0.15, 0.2) is 72.8 Å². The second-order valence-corrected chi connectivity index (χ2v) is 6.12. The molecule has 0 aliphatic carbocycles. The highest BCUT2D eigenvalue weighted by atomic mass is 16.6. The number of nitro benzene ring substituents is 1. The summed E-state index contributed by atoms with van der Waals surface area (Å²) in [5.74, 6) is 0.281. The van der Waals surface area contributed by atoms with Gasteiger partial charge in [0.2, 0.25) is 5.75 Å². The van der Waals surface area contributed by atoms with Gasteiger partial charge in [-0.05, 0) is 36.2 Å². The van der Waals surface area contributed by atoms with Crippen molar-refractivity contribution in [3.63, 3.8) is 0 Å². The molecular weight excluding hydrogens is 358 g/mol. The fourth-order valence-corrected chi connectivity index (χ4v) is 2.71. The molecule has 6 heteroatoms. The maximum Gasteiger partial charge on any atom is 0.312 e. The number of nitrogens with zero attached hydrogens (tertiary/aromatic N) is 1. The second-order valence-electron chi connectivity index (χ2n) is 6.12. The van der Waals surface area contributed by atoms with Crippen molar-refractivity contribution in [1.29, 1.82) is 0 Å². The van der Waals surface area contributed by atoms with Gasteiger partial charge in [-0.2, -0.15) is 0 Å². The van der Waals surface area contributed by atoms with Gasteiger partial charge in [0.15, 0.2) is 5.78 Å². The fourth-order valence-electron chi connectivity index (χ4n) is 2.71. The van der Waals surface area contributed by atoms with Crippen LogP contribution < -0.4 is 4.74 Å². The Hall–Kier alpha value is -3.51. The van der Waals surface area contributed by atoms with E-state index in [0.29, 0.717) is 17.9 Å². The predicted octanol–water partition coefficient (Wildman–Crippen LogP) is 4.81. The van der Waals surface area contributed by atoms with Gasteiger partial charge in [-0.3, -0.25) is 14.9 Å². The molecule has 0 radical (unpaired) electrons. The molecule has 0 aromatic heterocycles. The lowest BCUT2D eigenvalue weighted by Crippen LogP contribution is -2.03. The molecule has 0 spiro atoms. The Morgan fingerprint density at radius 3 is 2.32 bits per heavy atom. The Kier molecular flexibility index (Phi) is 6.14. The smallest absolute Gasteiger partial charge is 0.312 e. The maximum atomic E-state index is 12.5. The van der Waals surface area contributed by atoms with E-state index in [1.54, 1.807) is 49.6 Å². The molecule has 0 atom stereocenters. The number of carbonyl (C=O) groups excluding carboxylic acids is 1. The summed E-state index contributed by atoms with van der Waals surface area (Å²) in [4.78, 5) is 23.5. The highest BCUT2D eigenvalue weighted by molar-refractivity contribution is 6.09. The Balaban J connectivity index is 1.83. The van der Waals surface area contributed by atoms with Crippen molar-refractivity contribution in [2.45, 2.75) is 6.42 Å². The molecule has 0 bridgehead atoms. The Morgan fingerprint density at radius 1 is 0.964 bits per heavy atom. The van der Waals surface area contributed by atoms with Crippen molar-refractivity contribution in [2.24, 2.45) is 0 Å². The zero-order chi connectivity index (χ0) is 19.9. The summed E-state index contributed by atoms with van der Waals surface area (Å²) < 4.78 is 10.7. The SMILES string of the molecule is COCCc1ccc(Oc2ccc(C(=O)c3ccccc3)cc2[N+](=O)[O-])cc1. The molecule has 3 rings (SSSR count). The van der Waals surface area contributed by atoms with E-state index in [-0.39, 0.29) is 22.8 Å². The second kappa shape index (κ2) is 8.92. The molecule has 3 aromatic rings. The number of ketones is 1. The van der Waals surface area contributed by atoms with E-state index in [0.717, 1.165) is 12.0 Å². The molecule has 142 valence electrons. The first kappa shape index (κ1) is 19.3. The van der Waals surface area contributed by atoms with Gasteiger partial charge < -0.3 is 9.47 Å². The third kappa shape index (κ3) is 4.61. The quantitative estimate of drug-likeness (QED) is 0.320. The third-order valence-electron chi connectivity index (χ3n) is 4.20. The van der Waals surface area contributed by atoms with Gasteiger partial charge in [0.25, 0.3) is 0 Å². The lowest BCUT2D eigenvalue weighted by atomic mass is 10.0. The molecule has 28 heavy (non-hydrogen) atoms. The number of hydrogen-bond donors (Lipinski definition) is 0. The highest BCUT2D eigenvalue weighted by Gasteiger charge is 2.20. The molecule has 3 aromatic carbocycles. The van der Waals surface area contributed by atoms with E-state index in [9.17, 15) is 14.9 Å². The van der Waals surface area contributed by atoms with Crippen molar-refractivity contribution in [3.8, 4) is 11.5 Å². The topological polar surface area (TPSA) is 78.7 Å². The van der Waals surface area contributed by atoms with Gasteiger partial charge in [0, 0.05) is 24.3 Å². The molecule has 0 aliphatic rings. The van der Waals surface area contributed by atoms with Crippen molar-refractivity contribution in [3.05, 3.63) is 99.6 Å². The lowest BCUT2D eigenvalue weighted by Gasteiger charge is -2.09. The van der Waals surface area contributed by atoms with Crippen LogP contribution in [-0.2, 0) is 11.2 Å². The number of rotatable bonds is 8. The van der Waals surface area contributed by atoms with Crippen LogP contribution in [0.25, 0.3) is 0 Å². The van der Waals surface area contributed by atoms with Gasteiger partial charge in [-0.1, -0.05) is 42.5 Å². The van der Waals surface area contributed by atoms with E-state index in [1.165, 1.54) is 18.2 Å². The summed E-state index contributed by atoms with van der Waals surface area (Å²) >= 11 is 0. The summed E-state index contributed by atoms with van der Waals surface area (Å²) in [7, 11) is 1.64. The van der Waals surface area contributed by atoms with Gasteiger partial charge >= 0.3 is 5.69 Å². The molecule has 0 saturated carbocycles. The molecule has 0 N–H and O–H groups in total. The summed E-state index contributed by atoms with van der Waals surface area (Å²) in [6.07, 6.45) is 0.771. The van der Waals surface area contributed by atoms with E-state index < -0.39 is 4.92 Å². The Labute approximate surface area is 162 Å². The molecule has 0 fully saturated rings. The number of carbonyl (C=O) groups is 1. The largest absolute Gasteiger partial charge is 0.450 e.